The van der Waals surface area contributed by atoms with E-state index in [0.29, 0.717) is 5.69 Å². The first-order valence-electron chi connectivity index (χ1n) is 4.00. The summed E-state index contributed by atoms with van der Waals surface area (Å²) in [5.74, 6) is -0.132. The lowest BCUT2D eigenvalue weighted by Gasteiger charge is -2.08. The molecule has 5 heteroatoms. The third kappa shape index (κ3) is 2.84. The van der Waals surface area contributed by atoms with E-state index in [1.54, 1.807) is 24.0 Å². The molecule has 1 unspecified atom stereocenters. The van der Waals surface area contributed by atoms with Gasteiger partial charge in [0, 0.05) is 24.6 Å². The molecule has 72 valence electrons. The molecule has 1 N–H and O–H groups in total. The minimum Gasteiger partial charge on any atom is -0.347 e. The number of carbonyl (C=O) groups excluding carboxylic acids is 1. The van der Waals surface area contributed by atoms with Crippen molar-refractivity contribution in [2.24, 2.45) is 7.05 Å². The average Bonchev–Trinajstić information content (AvgIpc) is 2.51. The van der Waals surface area contributed by atoms with E-state index in [1.165, 1.54) is 0 Å². The molecule has 0 spiro atoms. The molecule has 0 aromatic carbocycles. The highest BCUT2D eigenvalue weighted by Gasteiger charge is 2.10. The molecule has 0 aliphatic heterocycles. The molecule has 1 heterocycles. The summed E-state index contributed by atoms with van der Waals surface area (Å²) in [6.45, 7) is 1.93. The largest absolute Gasteiger partial charge is 0.347 e. The minimum atomic E-state index is -0.132. The highest BCUT2D eigenvalue weighted by molar-refractivity contribution is 9.09. The SMILES string of the molecule is CC(CBr)NC(=O)c1ccn(C)n1. The molecule has 1 amide bonds. The third-order valence-electron chi connectivity index (χ3n) is 1.56. The van der Waals surface area contributed by atoms with Gasteiger partial charge in [0.1, 0.15) is 5.69 Å². The number of hydrogen-bond acceptors (Lipinski definition) is 2. The Morgan fingerprint density at radius 2 is 2.54 bits per heavy atom. The number of rotatable bonds is 3. The Hall–Kier alpha value is -0.840. The van der Waals surface area contributed by atoms with Crippen LogP contribution in [-0.4, -0.2) is 27.1 Å². The number of carbonyl (C=O) groups is 1. The Morgan fingerprint density at radius 3 is 3.00 bits per heavy atom. The first-order chi connectivity index (χ1) is 6.13. The molecular weight excluding hydrogens is 234 g/mol. The van der Waals surface area contributed by atoms with Crippen molar-refractivity contribution >= 4 is 21.8 Å². The Morgan fingerprint density at radius 1 is 1.85 bits per heavy atom. The molecule has 1 aromatic rings. The standard InChI is InChI=1S/C8H12BrN3O/c1-6(5-9)10-8(13)7-3-4-12(2)11-7/h3-4,6H,5H2,1-2H3,(H,10,13). The van der Waals surface area contributed by atoms with E-state index in [0.717, 1.165) is 5.33 Å². The Balaban J connectivity index is 2.58. The van der Waals surface area contributed by atoms with Crippen LogP contribution in [0.2, 0.25) is 0 Å². The molecule has 0 aliphatic rings. The van der Waals surface area contributed by atoms with Crippen LogP contribution in [0.1, 0.15) is 17.4 Å². The quantitative estimate of drug-likeness (QED) is 0.806. The van der Waals surface area contributed by atoms with Gasteiger partial charge in [-0.05, 0) is 13.0 Å². The van der Waals surface area contributed by atoms with Gasteiger partial charge in [-0.2, -0.15) is 5.10 Å². The van der Waals surface area contributed by atoms with E-state index in [-0.39, 0.29) is 11.9 Å². The lowest BCUT2D eigenvalue weighted by atomic mass is 10.3. The monoisotopic (exact) mass is 245 g/mol. The van der Waals surface area contributed by atoms with Crippen LogP contribution in [0.5, 0.6) is 0 Å². The van der Waals surface area contributed by atoms with E-state index >= 15 is 0 Å². The van der Waals surface area contributed by atoms with Crippen molar-refractivity contribution in [1.82, 2.24) is 15.1 Å². The number of nitrogens with one attached hydrogen (secondary N) is 1. The highest BCUT2D eigenvalue weighted by Crippen LogP contribution is 1.96. The lowest BCUT2D eigenvalue weighted by Crippen LogP contribution is -2.33. The van der Waals surface area contributed by atoms with Crippen molar-refractivity contribution in [3.05, 3.63) is 18.0 Å². The zero-order valence-corrected chi connectivity index (χ0v) is 9.21. The van der Waals surface area contributed by atoms with Gasteiger partial charge in [-0.25, -0.2) is 0 Å². The number of alkyl halides is 1. The maximum absolute atomic E-state index is 11.4. The van der Waals surface area contributed by atoms with Crippen LogP contribution in [0.25, 0.3) is 0 Å². The van der Waals surface area contributed by atoms with Crippen LogP contribution in [-0.2, 0) is 7.05 Å². The van der Waals surface area contributed by atoms with Gasteiger partial charge in [-0.1, -0.05) is 15.9 Å². The molecule has 0 saturated carbocycles. The molecule has 4 nitrogen and oxygen atoms in total. The van der Waals surface area contributed by atoms with Crippen LogP contribution in [0.15, 0.2) is 12.3 Å². The van der Waals surface area contributed by atoms with Crippen molar-refractivity contribution < 1.29 is 4.79 Å². The molecule has 1 aromatic heterocycles. The third-order valence-corrected chi connectivity index (χ3v) is 2.53. The maximum atomic E-state index is 11.4. The average molecular weight is 246 g/mol. The molecule has 0 bridgehead atoms. The van der Waals surface area contributed by atoms with Crippen LogP contribution >= 0.6 is 15.9 Å². The maximum Gasteiger partial charge on any atom is 0.272 e. The van der Waals surface area contributed by atoms with E-state index in [2.05, 4.69) is 26.3 Å². The molecular formula is C8H12BrN3O. The second-order valence-corrected chi connectivity index (χ2v) is 3.55. The molecule has 13 heavy (non-hydrogen) atoms. The number of aryl methyl sites for hydroxylation is 1. The van der Waals surface area contributed by atoms with Crippen molar-refractivity contribution in [2.45, 2.75) is 13.0 Å². The van der Waals surface area contributed by atoms with Gasteiger partial charge >= 0.3 is 0 Å². The lowest BCUT2D eigenvalue weighted by molar-refractivity contribution is 0.0938. The van der Waals surface area contributed by atoms with Crippen LogP contribution in [0.4, 0.5) is 0 Å². The molecule has 1 atom stereocenters. The Kier molecular flexibility index (Phi) is 3.48. The molecule has 0 aliphatic carbocycles. The van der Waals surface area contributed by atoms with Crippen LogP contribution < -0.4 is 5.32 Å². The summed E-state index contributed by atoms with van der Waals surface area (Å²) in [5, 5.41) is 7.53. The van der Waals surface area contributed by atoms with Crippen molar-refractivity contribution in [2.75, 3.05) is 5.33 Å². The van der Waals surface area contributed by atoms with Gasteiger partial charge in [-0.3, -0.25) is 9.48 Å². The predicted molar refractivity (Wildman–Crippen MR) is 53.9 cm³/mol. The van der Waals surface area contributed by atoms with E-state index < -0.39 is 0 Å². The number of halogens is 1. The van der Waals surface area contributed by atoms with Gasteiger partial charge in [-0.15, -0.1) is 0 Å². The normalized spacial score (nSPS) is 12.5. The zero-order valence-electron chi connectivity index (χ0n) is 7.62. The Labute approximate surface area is 85.4 Å². The predicted octanol–water partition coefficient (Wildman–Crippen LogP) is 0.933. The van der Waals surface area contributed by atoms with Crippen molar-refractivity contribution in [3.8, 4) is 0 Å². The summed E-state index contributed by atoms with van der Waals surface area (Å²) in [6, 6.07) is 1.81. The summed E-state index contributed by atoms with van der Waals surface area (Å²) < 4.78 is 1.60. The number of aromatic nitrogens is 2. The summed E-state index contributed by atoms with van der Waals surface area (Å²) in [4.78, 5) is 11.4. The smallest absolute Gasteiger partial charge is 0.272 e. The van der Waals surface area contributed by atoms with Gasteiger partial charge in [0.15, 0.2) is 0 Å². The number of nitrogens with zero attached hydrogens (tertiary/aromatic N) is 2. The Bertz CT molecular complexity index is 297. The van der Waals surface area contributed by atoms with Crippen LogP contribution in [0, 0.1) is 0 Å². The summed E-state index contributed by atoms with van der Waals surface area (Å²) in [6.07, 6.45) is 1.74. The van der Waals surface area contributed by atoms with Crippen molar-refractivity contribution in [3.63, 3.8) is 0 Å². The fraction of sp³-hybridized carbons (Fsp3) is 0.500. The summed E-state index contributed by atoms with van der Waals surface area (Å²) >= 11 is 3.28. The number of amides is 1. The first-order valence-corrected chi connectivity index (χ1v) is 5.12. The van der Waals surface area contributed by atoms with Gasteiger partial charge in [0.25, 0.3) is 5.91 Å². The van der Waals surface area contributed by atoms with Crippen LogP contribution in [0.3, 0.4) is 0 Å². The van der Waals surface area contributed by atoms with Gasteiger partial charge in [0.2, 0.25) is 0 Å². The van der Waals surface area contributed by atoms with Crippen molar-refractivity contribution in [1.29, 1.82) is 0 Å². The summed E-state index contributed by atoms with van der Waals surface area (Å²) in [7, 11) is 1.78. The molecule has 0 radical (unpaired) electrons. The topological polar surface area (TPSA) is 46.9 Å². The minimum absolute atomic E-state index is 0.120. The molecule has 0 fully saturated rings. The molecule has 1 rings (SSSR count). The fourth-order valence-corrected chi connectivity index (χ4v) is 1.03. The zero-order chi connectivity index (χ0) is 9.84. The van der Waals surface area contributed by atoms with E-state index in [9.17, 15) is 4.79 Å². The number of hydrogen-bond donors (Lipinski definition) is 1. The van der Waals surface area contributed by atoms with Gasteiger partial charge in [0.05, 0.1) is 0 Å². The summed E-state index contributed by atoms with van der Waals surface area (Å²) in [5.41, 5.74) is 0.454. The second kappa shape index (κ2) is 4.41. The van der Waals surface area contributed by atoms with Gasteiger partial charge < -0.3 is 5.32 Å². The first kappa shape index (κ1) is 10.2. The molecule has 0 saturated heterocycles. The fourth-order valence-electron chi connectivity index (χ4n) is 0.872. The second-order valence-electron chi connectivity index (χ2n) is 2.90. The van der Waals surface area contributed by atoms with E-state index in [4.69, 9.17) is 0 Å². The van der Waals surface area contributed by atoms with E-state index in [1.807, 2.05) is 6.92 Å². The highest BCUT2D eigenvalue weighted by atomic mass is 79.9.